The summed E-state index contributed by atoms with van der Waals surface area (Å²) in [7, 11) is 0. The summed E-state index contributed by atoms with van der Waals surface area (Å²) in [4.78, 5) is 21.5. The molecule has 3 aromatic carbocycles. The zero-order chi connectivity index (χ0) is 34.0. The van der Waals surface area contributed by atoms with E-state index >= 15 is 4.39 Å². The van der Waals surface area contributed by atoms with Gasteiger partial charge in [-0.05, 0) is 80.1 Å². The molecule has 2 fully saturated rings. The van der Waals surface area contributed by atoms with E-state index < -0.39 is 17.7 Å². The minimum atomic E-state index is -1.40. The number of hydrogen-bond donors (Lipinski definition) is 0. The van der Waals surface area contributed by atoms with Gasteiger partial charge in [-0.1, -0.05) is 18.5 Å². The van der Waals surface area contributed by atoms with Crippen molar-refractivity contribution in [2.24, 2.45) is 0 Å². The Morgan fingerprint density at radius 1 is 0.959 bits per heavy atom. The van der Waals surface area contributed by atoms with Gasteiger partial charge in [0.1, 0.15) is 49.8 Å². The van der Waals surface area contributed by atoms with Gasteiger partial charge in [-0.25, -0.2) is 28.1 Å². The lowest BCUT2D eigenvalue weighted by Gasteiger charge is -2.37. The van der Waals surface area contributed by atoms with Crippen LogP contribution in [-0.2, 0) is 21.8 Å². The molecule has 0 aliphatic carbocycles. The van der Waals surface area contributed by atoms with Gasteiger partial charge in [-0.3, -0.25) is 0 Å². The Morgan fingerprint density at radius 2 is 1.63 bits per heavy atom. The smallest absolute Gasteiger partial charge is 0.350 e. The predicted octanol–water partition coefficient (Wildman–Crippen LogP) is 5.06. The van der Waals surface area contributed by atoms with Crippen molar-refractivity contribution in [3.8, 4) is 11.4 Å². The molecule has 0 spiro atoms. The maximum Gasteiger partial charge on any atom is 0.350 e. The molecule has 2 aliphatic rings. The Balaban J connectivity index is 0.925. The van der Waals surface area contributed by atoms with Crippen LogP contribution in [0.1, 0.15) is 31.9 Å². The van der Waals surface area contributed by atoms with Crippen molar-refractivity contribution >= 4 is 23.0 Å². The summed E-state index contributed by atoms with van der Waals surface area (Å²) < 4.78 is 38.2. The molecule has 0 saturated carbocycles. The first-order valence-corrected chi connectivity index (χ1v) is 16.8. The van der Waals surface area contributed by atoms with E-state index in [1.54, 1.807) is 27.7 Å². The van der Waals surface area contributed by atoms with E-state index in [2.05, 4.69) is 49.2 Å². The molecule has 0 N–H and O–H groups in total. The molecular weight excluding hydrogens is 651 g/mol. The second-order valence-electron chi connectivity index (χ2n) is 12.3. The number of halogens is 2. The fourth-order valence-corrected chi connectivity index (χ4v) is 6.40. The van der Waals surface area contributed by atoms with Gasteiger partial charge in [0.05, 0.1) is 18.3 Å². The molecule has 4 heterocycles. The van der Waals surface area contributed by atoms with Gasteiger partial charge >= 0.3 is 5.69 Å². The third kappa shape index (κ3) is 6.91. The van der Waals surface area contributed by atoms with Gasteiger partial charge in [0.2, 0.25) is 5.79 Å². The van der Waals surface area contributed by atoms with Crippen LogP contribution < -0.4 is 20.2 Å². The average Bonchev–Trinajstić information content (AvgIpc) is 3.88. The van der Waals surface area contributed by atoms with Crippen LogP contribution in [0.5, 0.6) is 5.75 Å². The van der Waals surface area contributed by atoms with Crippen LogP contribution in [0.4, 0.5) is 15.8 Å². The first-order valence-electron chi connectivity index (χ1n) is 16.4. The molecular formula is C35H38ClFN8O4. The Morgan fingerprint density at radius 3 is 2.27 bits per heavy atom. The van der Waals surface area contributed by atoms with Crippen molar-refractivity contribution in [1.29, 1.82) is 0 Å². The normalized spacial score (nSPS) is 20.1. The van der Waals surface area contributed by atoms with E-state index in [1.165, 1.54) is 23.4 Å². The molecule has 0 amide bonds. The van der Waals surface area contributed by atoms with E-state index in [0.29, 0.717) is 5.75 Å². The fraction of sp³-hybridized carbons (Fsp3) is 0.371. The summed E-state index contributed by atoms with van der Waals surface area (Å²) >= 11 is 6.00. The zero-order valence-corrected chi connectivity index (χ0v) is 28.1. The van der Waals surface area contributed by atoms with E-state index in [-0.39, 0.29) is 42.1 Å². The number of piperazine rings is 1. The molecule has 2 aromatic heterocycles. The molecule has 7 rings (SSSR count). The second kappa shape index (κ2) is 14.0. The first-order chi connectivity index (χ1) is 23.8. The maximum absolute atomic E-state index is 15.0. The van der Waals surface area contributed by atoms with Crippen LogP contribution in [0.2, 0.25) is 5.02 Å². The van der Waals surface area contributed by atoms with Crippen molar-refractivity contribution in [1.82, 2.24) is 29.1 Å². The second-order valence-corrected chi connectivity index (χ2v) is 12.7. The lowest BCUT2D eigenvalue weighted by atomic mass is 10.0. The number of rotatable bonds is 11. The molecule has 3 atom stereocenters. The van der Waals surface area contributed by atoms with Crippen molar-refractivity contribution in [2.45, 2.75) is 44.7 Å². The summed E-state index contributed by atoms with van der Waals surface area (Å²) in [6.45, 7) is 8.05. The maximum atomic E-state index is 15.0. The van der Waals surface area contributed by atoms with Gasteiger partial charge in [0.25, 0.3) is 0 Å². The number of anilines is 2. The van der Waals surface area contributed by atoms with E-state index in [9.17, 15) is 4.79 Å². The standard InChI is InChI=1S/C35H38ClFN8O4/c1-3-25(2)45-34(46)44(24-40-45)29-7-5-27(6-8-29)41-14-16-42(17-15-41)28-9-11-30(12-10-28)47-19-31-20-48-35(49-31,21-43-23-38-22-39-43)32-13-4-26(36)18-33(32)37/h4-13,18,22-25,31H,3,14-17,19-21H2,1-2H3/t25?,31-,35-/m0/s1. The number of hydrogen-bond acceptors (Lipinski definition) is 9. The largest absolute Gasteiger partial charge is 0.491 e. The van der Waals surface area contributed by atoms with E-state index in [1.807, 2.05) is 38.1 Å². The molecule has 0 radical (unpaired) electrons. The monoisotopic (exact) mass is 688 g/mol. The van der Waals surface area contributed by atoms with E-state index in [0.717, 1.165) is 49.7 Å². The van der Waals surface area contributed by atoms with Gasteiger partial charge < -0.3 is 24.0 Å². The van der Waals surface area contributed by atoms with Crippen LogP contribution in [0.15, 0.2) is 90.5 Å². The SMILES string of the molecule is CCC(C)n1ncn(-c2ccc(N3CCN(c4ccc(OC[C@H]5CO[C@](Cn6cncn6)(c6ccc(Cl)cc6F)O5)cc4)CC3)cc2)c1=O. The van der Waals surface area contributed by atoms with Crippen molar-refractivity contribution < 1.29 is 18.6 Å². The Kier molecular flexibility index (Phi) is 9.39. The summed E-state index contributed by atoms with van der Waals surface area (Å²) in [5, 5.41) is 8.73. The van der Waals surface area contributed by atoms with Crippen LogP contribution >= 0.6 is 11.6 Å². The zero-order valence-electron chi connectivity index (χ0n) is 27.4. The van der Waals surface area contributed by atoms with Gasteiger partial charge in [-0.2, -0.15) is 10.2 Å². The van der Waals surface area contributed by atoms with E-state index in [4.69, 9.17) is 25.8 Å². The third-order valence-electron chi connectivity index (χ3n) is 9.15. The van der Waals surface area contributed by atoms with Crippen molar-refractivity contribution in [2.75, 3.05) is 49.2 Å². The minimum Gasteiger partial charge on any atom is -0.491 e. The number of ether oxygens (including phenoxy) is 3. The highest BCUT2D eigenvalue weighted by Crippen LogP contribution is 2.38. The number of nitrogens with zero attached hydrogens (tertiary/aromatic N) is 8. The Hall–Kier alpha value is -4.72. The molecule has 12 nitrogen and oxygen atoms in total. The Bertz CT molecular complexity index is 1910. The molecule has 49 heavy (non-hydrogen) atoms. The molecule has 2 saturated heterocycles. The van der Waals surface area contributed by atoms with Gasteiger partial charge in [0, 0.05) is 48.1 Å². The highest BCUT2D eigenvalue weighted by Gasteiger charge is 2.46. The third-order valence-corrected chi connectivity index (χ3v) is 9.39. The molecule has 14 heteroatoms. The lowest BCUT2D eigenvalue weighted by molar-refractivity contribution is -0.192. The van der Waals surface area contributed by atoms with Crippen LogP contribution in [0, 0.1) is 5.82 Å². The summed E-state index contributed by atoms with van der Waals surface area (Å²) in [6.07, 6.45) is 4.93. The highest BCUT2D eigenvalue weighted by atomic mass is 35.5. The van der Waals surface area contributed by atoms with Crippen molar-refractivity contribution in [3.63, 3.8) is 0 Å². The van der Waals surface area contributed by atoms with Crippen LogP contribution in [0.3, 0.4) is 0 Å². The van der Waals surface area contributed by atoms with Crippen LogP contribution in [0.25, 0.3) is 5.69 Å². The molecule has 2 aliphatic heterocycles. The molecule has 0 bridgehead atoms. The van der Waals surface area contributed by atoms with Gasteiger partial charge in [-0.15, -0.1) is 0 Å². The molecule has 256 valence electrons. The average molecular weight is 689 g/mol. The summed E-state index contributed by atoms with van der Waals surface area (Å²) in [5.74, 6) is -1.23. The lowest BCUT2D eigenvalue weighted by Crippen LogP contribution is -2.46. The van der Waals surface area contributed by atoms with Gasteiger partial charge in [0.15, 0.2) is 0 Å². The molecule has 1 unspecified atom stereocenters. The highest BCUT2D eigenvalue weighted by molar-refractivity contribution is 6.30. The van der Waals surface area contributed by atoms with Crippen molar-refractivity contribution in [3.05, 3.63) is 113 Å². The topological polar surface area (TPSA) is 105 Å². The van der Waals surface area contributed by atoms with Crippen LogP contribution in [-0.4, -0.2) is 74.6 Å². The minimum absolute atomic E-state index is 0.0577. The Labute approximate surface area is 288 Å². The number of aromatic nitrogens is 6. The molecule has 5 aromatic rings. The summed E-state index contributed by atoms with van der Waals surface area (Å²) in [5.41, 5.74) is 3.15. The predicted molar refractivity (Wildman–Crippen MR) is 183 cm³/mol. The summed E-state index contributed by atoms with van der Waals surface area (Å²) in [6, 6.07) is 20.6. The fourth-order valence-electron chi connectivity index (χ4n) is 6.24. The first kappa shape index (κ1) is 32.8. The quantitative estimate of drug-likeness (QED) is 0.188. The number of benzene rings is 3.